The first-order chi connectivity index (χ1) is 11.2. The molecular weight excluding hydrogens is 294 g/mol. The van der Waals surface area contributed by atoms with Crippen LogP contribution in [0.2, 0.25) is 0 Å². The third kappa shape index (κ3) is 2.38. The average molecular weight is 306 g/mol. The standard InChI is InChI=1S/C19H12F2N2/c20-14-3-1-13(2-4-14)18-12-23(16-7-9-22-10-8-16)19-6-5-15(21)11-17(18)19/h1-12H. The molecule has 0 bridgehead atoms. The molecule has 0 fully saturated rings. The maximum atomic E-state index is 13.7. The lowest BCUT2D eigenvalue weighted by Gasteiger charge is -2.04. The molecule has 2 aromatic carbocycles. The first kappa shape index (κ1) is 13.6. The highest BCUT2D eigenvalue weighted by Gasteiger charge is 2.12. The highest BCUT2D eigenvalue weighted by molar-refractivity contribution is 5.97. The van der Waals surface area contributed by atoms with Crippen molar-refractivity contribution in [2.75, 3.05) is 0 Å². The van der Waals surface area contributed by atoms with Gasteiger partial charge in [-0.15, -0.1) is 0 Å². The van der Waals surface area contributed by atoms with E-state index in [1.807, 2.05) is 22.9 Å². The minimum absolute atomic E-state index is 0.294. The van der Waals surface area contributed by atoms with Crippen molar-refractivity contribution in [1.29, 1.82) is 0 Å². The average Bonchev–Trinajstić information content (AvgIpc) is 2.95. The van der Waals surface area contributed by atoms with Gasteiger partial charge in [-0.3, -0.25) is 4.98 Å². The fourth-order valence-electron chi connectivity index (χ4n) is 2.78. The number of nitrogens with zero attached hydrogens (tertiary/aromatic N) is 2. The smallest absolute Gasteiger partial charge is 0.123 e. The summed E-state index contributed by atoms with van der Waals surface area (Å²) in [6, 6.07) is 14.7. The second kappa shape index (κ2) is 5.32. The third-order valence-electron chi connectivity index (χ3n) is 3.86. The van der Waals surface area contributed by atoms with Gasteiger partial charge in [-0.05, 0) is 48.0 Å². The monoisotopic (exact) mass is 306 g/mol. The van der Waals surface area contributed by atoms with Gasteiger partial charge in [0.25, 0.3) is 0 Å². The van der Waals surface area contributed by atoms with E-state index in [1.54, 1.807) is 30.6 Å². The molecule has 4 heteroatoms. The van der Waals surface area contributed by atoms with Gasteiger partial charge in [-0.2, -0.15) is 0 Å². The van der Waals surface area contributed by atoms with Gasteiger partial charge in [-0.25, -0.2) is 8.78 Å². The van der Waals surface area contributed by atoms with E-state index >= 15 is 0 Å². The summed E-state index contributed by atoms with van der Waals surface area (Å²) in [7, 11) is 0. The Kier molecular flexibility index (Phi) is 3.15. The molecule has 0 aliphatic heterocycles. The molecule has 0 saturated carbocycles. The summed E-state index contributed by atoms with van der Waals surface area (Å²) in [6.45, 7) is 0. The van der Waals surface area contributed by atoms with Gasteiger partial charge in [0, 0.05) is 35.2 Å². The normalized spacial score (nSPS) is 11.0. The van der Waals surface area contributed by atoms with Crippen LogP contribution in [0.15, 0.2) is 73.2 Å². The van der Waals surface area contributed by atoms with Crippen LogP contribution in [0.3, 0.4) is 0 Å². The van der Waals surface area contributed by atoms with Crippen molar-refractivity contribution in [3.8, 4) is 16.8 Å². The van der Waals surface area contributed by atoms with Gasteiger partial charge in [-0.1, -0.05) is 12.1 Å². The largest absolute Gasteiger partial charge is 0.316 e. The predicted octanol–water partition coefficient (Wildman–Crippen LogP) is 4.97. The molecule has 0 amide bonds. The Bertz CT molecular complexity index is 974. The molecule has 2 heterocycles. The van der Waals surface area contributed by atoms with Gasteiger partial charge < -0.3 is 4.57 Å². The highest BCUT2D eigenvalue weighted by atomic mass is 19.1. The molecule has 0 atom stereocenters. The number of benzene rings is 2. The summed E-state index contributed by atoms with van der Waals surface area (Å²) in [6.07, 6.45) is 5.36. The van der Waals surface area contributed by atoms with Crippen molar-refractivity contribution in [3.05, 3.63) is 84.8 Å². The number of fused-ring (bicyclic) bond motifs is 1. The first-order valence-electron chi connectivity index (χ1n) is 7.19. The van der Waals surface area contributed by atoms with E-state index in [1.165, 1.54) is 24.3 Å². The molecule has 4 aromatic rings. The zero-order chi connectivity index (χ0) is 15.8. The Morgan fingerprint density at radius 3 is 2.22 bits per heavy atom. The summed E-state index contributed by atoms with van der Waals surface area (Å²) in [5.74, 6) is -0.592. The zero-order valence-corrected chi connectivity index (χ0v) is 12.1. The fraction of sp³-hybridized carbons (Fsp3) is 0. The van der Waals surface area contributed by atoms with Crippen LogP contribution in [0.4, 0.5) is 8.78 Å². The van der Waals surface area contributed by atoms with Crippen LogP contribution in [0.5, 0.6) is 0 Å². The number of aromatic nitrogens is 2. The van der Waals surface area contributed by atoms with Crippen LogP contribution >= 0.6 is 0 Å². The summed E-state index contributed by atoms with van der Waals surface area (Å²) in [5.41, 5.74) is 3.52. The SMILES string of the molecule is Fc1ccc(-c2cn(-c3ccncc3)c3ccc(F)cc23)cc1. The molecule has 2 nitrogen and oxygen atoms in total. The molecule has 4 rings (SSSR count). The molecule has 2 aromatic heterocycles. The summed E-state index contributed by atoms with van der Waals surface area (Å²) < 4.78 is 28.9. The molecule has 0 radical (unpaired) electrons. The van der Waals surface area contributed by atoms with Crippen LogP contribution in [-0.4, -0.2) is 9.55 Å². The molecule has 0 N–H and O–H groups in total. The molecule has 0 aliphatic rings. The molecular formula is C19H12F2N2. The van der Waals surface area contributed by atoms with Crippen molar-refractivity contribution in [3.63, 3.8) is 0 Å². The van der Waals surface area contributed by atoms with E-state index in [2.05, 4.69) is 4.98 Å². The Labute approximate surface area is 131 Å². The molecule has 0 spiro atoms. The van der Waals surface area contributed by atoms with Crippen molar-refractivity contribution < 1.29 is 8.78 Å². The minimum atomic E-state index is -0.298. The van der Waals surface area contributed by atoms with E-state index in [0.717, 1.165) is 27.7 Å². The lowest BCUT2D eigenvalue weighted by molar-refractivity contribution is 0.628. The number of hydrogen-bond acceptors (Lipinski definition) is 1. The van der Waals surface area contributed by atoms with Gasteiger partial charge in [0.15, 0.2) is 0 Å². The second-order valence-corrected chi connectivity index (χ2v) is 5.29. The second-order valence-electron chi connectivity index (χ2n) is 5.29. The Hall–Kier alpha value is -3.01. The van der Waals surface area contributed by atoms with Crippen LogP contribution in [0.1, 0.15) is 0 Å². The molecule has 0 saturated heterocycles. The Morgan fingerprint density at radius 1 is 0.783 bits per heavy atom. The number of halogens is 2. The van der Waals surface area contributed by atoms with E-state index in [4.69, 9.17) is 0 Å². The van der Waals surface area contributed by atoms with Gasteiger partial charge in [0.05, 0.1) is 5.52 Å². The Morgan fingerprint density at radius 2 is 1.48 bits per heavy atom. The van der Waals surface area contributed by atoms with Crippen molar-refractivity contribution in [2.24, 2.45) is 0 Å². The molecule has 0 aliphatic carbocycles. The van der Waals surface area contributed by atoms with E-state index < -0.39 is 0 Å². The van der Waals surface area contributed by atoms with Crippen molar-refractivity contribution in [2.45, 2.75) is 0 Å². The number of hydrogen-bond donors (Lipinski definition) is 0. The van der Waals surface area contributed by atoms with Crippen molar-refractivity contribution in [1.82, 2.24) is 9.55 Å². The lowest BCUT2D eigenvalue weighted by atomic mass is 10.0. The Balaban J connectivity index is 2.01. The van der Waals surface area contributed by atoms with Gasteiger partial charge in [0.2, 0.25) is 0 Å². The maximum Gasteiger partial charge on any atom is 0.123 e. The summed E-state index contributed by atoms with van der Waals surface area (Å²) in [4.78, 5) is 4.02. The van der Waals surface area contributed by atoms with Crippen molar-refractivity contribution >= 4 is 10.9 Å². The fourth-order valence-corrected chi connectivity index (χ4v) is 2.78. The molecule has 0 unspecified atom stereocenters. The van der Waals surface area contributed by atoms with Gasteiger partial charge in [0.1, 0.15) is 11.6 Å². The van der Waals surface area contributed by atoms with Crippen LogP contribution in [0, 0.1) is 11.6 Å². The lowest BCUT2D eigenvalue weighted by Crippen LogP contribution is -1.91. The maximum absolute atomic E-state index is 13.7. The van der Waals surface area contributed by atoms with E-state index in [-0.39, 0.29) is 11.6 Å². The minimum Gasteiger partial charge on any atom is -0.316 e. The molecule has 112 valence electrons. The van der Waals surface area contributed by atoms with Crippen LogP contribution in [0.25, 0.3) is 27.7 Å². The highest BCUT2D eigenvalue weighted by Crippen LogP contribution is 2.33. The summed E-state index contributed by atoms with van der Waals surface area (Å²) >= 11 is 0. The topological polar surface area (TPSA) is 17.8 Å². The molecule has 23 heavy (non-hydrogen) atoms. The van der Waals surface area contributed by atoms with E-state index in [0.29, 0.717) is 0 Å². The van der Waals surface area contributed by atoms with Crippen LogP contribution < -0.4 is 0 Å². The summed E-state index contributed by atoms with van der Waals surface area (Å²) in [5, 5.41) is 0.786. The van der Waals surface area contributed by atoms with E-state index in [9.17, 15) is 8.78 Å². The quantitative estimate of drug-likeness (QED) is 0.511. The third-order valence-corrected chi connectivity index (χ3v) is 3.86. The first-order valence-corrected chi connectivity index (χ1v) is 7.19. The number of rotatable bonds is 2. The van der Waals surface area contributed by atoms with Crippen LogP contribution in [-0.2, 0) is 0 Å². The number of pyridine rings is 1. The zero-order valence-electron chi connectivity index (χ0n) is 12.1. The predicted molar refractivity (Wildman–Crippen MR) is 86.4 cm³/mol. The van der Waals surface area contributed by atoms with Gasteiger partial charge >= 0.3 is 0 Å².